The largest absolute Gasteiger partial charge is 0.464 e. The zero-order valence-electron chi connectivity index (χ0n) is 9.74. The van der Waals surface area contributed by atoms with Gasteiger partial charge in [0.1, 0.15) is 5.82 Å². The van der Waals surface area contributed by atoms with Crippen molar-refractivity contribution in [1.82, 2.24) is 20.2 Å². The molecular formula is C10H14N4O2. The second kappa shape index (κ2) is 5.20. The van der Waals surface area contributed by atoms with Crippen LogP contribution in [0.15, 0.2) is 6.20 Å². The van der Waals surface area contributed by atoms with Crippen molar-refractivity contribution in [3.05, 3.63) is 17.7 Å². The van der Waals surface area contributed by atoms with Crippen molar-refractivity contribution in [1.29, 1.82) is 0 Å². The fourth-order valence-electron chi connectivity index (χ4n) is 1.15. The number of hydrogen-bond acceptors (Lipinski definition) is 5. The molecule has 0 aromatic carbocycles. The van der Waals surface area contributed by atoms with Crippen LogP contribution in [0.25, 0.3) is 11.0 Å². The number of methoxy groups -OCH3 is 1. The Morgan fingerprint density at radius 3 is 2.75 bits per heavy atom. The molecular weight excluding hydrogens is 208 g/mol. The van der Waals surface area contributed by atoms with Gasteiger partial charge in [0.25, 0.3) is 0 Å². The zero-order valence-corrected chi connectivity index (χ0v) is 9.74. The van der Waals surface area contributed by atoms with Gasteiger partial charge in [-0.05, 0) is 6.92 Å². The first-order valence-corrected chi connectivity index (χ1v) is 4.98. The van der Waals surface area contributed by atoms with Crippen molar-refractivity contribution in [2.24, 2.45) is 0 Å². The van der Waals surface area contributed by atoms with Crippen LogP contribution in [0.2, 0.25) is 0 Å². The van der Waals surface area contributed by atoms with Gasteiger partial charge >= 0.3 is 5.97 Å². The predicted octanol–water partition coefficient (Wildman–Crippen LogP) is 1.47. The van der Waals surface area contributed by atoms with Crippen LogP contribution in [-0.4, -0.2) is 33.2 Å². The number of esters is 1. The number of aryl methyl sites for hydroxylation is 1. The number of aromatic amines is 1. The summed E-state index contributed by atoms with van der Waals surface area (Å²) >= 11 is 0. The minimum Gasteiger partial charge on any atom is -0.464 e. The van der Waals surface area contributed by atoms with Crippen molar-refractivity contribution >= 4 is 17.0 Å². The number of aromatic nitrogens is 4. The molecule has 6 nitrogen and oxygen atoms in total. The van der Waals surface area contributed by atoms with Gasteiger partial charge in [-0.3, -0.25) is 5.10 Å². The monoisotopic (exact) mass is 222 g/mol. The number of nitrogens with zero attached hydrogens (tertiary/aromatic N) is 3. The summed E-state index contributed by atoms with van der Waals surface area (Å²) in [5.41, 5.74) is 0.750. The van der Waals surface area contributed by atoms with Crippen LogP contribution in [0.3, 0.4) is 0 Å². The fraction of sp³-hybridized carbons (Fsp3) is 0.400. The molecule has 1 N–H and O–H groups in total. The second-order valence-corrected chi connectivity index (χ2v) is 2.74. The number of H-pyrrole nitrogens is 1. The number of hydrogen-bond donors (Lipinski definition) is 1. The Morgan fingerprint density at radius 1 is 1.44 bits per heavy atom. The van der Waals surface area contributed by atoms with Crippen molar-refractivity contribution in [2.75, 3.05) is 7.11 Å². The van der Waals surface area contributed by atoms with E-state index in [9.17, 15) is 4.79 Å². The molecule has 0 radical (unpaired) electrons. The average molecular weight is 222 g/mol. The van der Waals surface area contributed by atoms with Gasteiger partial charge in [-0.25, -0.2) is 14.8 Å². The molecule has 0 saturated heterocycles. The molecule has 0 aliphatic heterocycles. The second-order valence-electron chi connectivity index (χ2n) is 2.74. The smallest absolute Gasteiger partial charge is 0.356 e. The topological polar surface area (TPSA) is 80.8 Å². The van der Waals surface area contributed by atoms with Crippen molar-refractivity contribution in [3.8, 4) is 0 Å². The summed E-state index contributed by atoms with van der Waals surface area (Å²) in [5, 5.41) is 7.01. The minimum atomic E-state index is -0.472. The van der Waals surface area contributed by atoms with Crippen LogP contribution in [0.1, 0.15) is 30.2 Å². The van der Waals surface area contributed by atoms with Crippen LogP contribution >= 0.6 is 0 Å². The number of rotatable bonds is 1. The molecule has 0 unspecified atom stereocenters. The summed E-state index contributed by atoms with van der Waals surface area (Å²) < 4.78 is 4.57. The number of ether oxygens (including phenoxy) is 1. The van der Waals surface area contributed by atoms with Crippen LogP contribution in [0.5, 0.6) is 0 Å². The number of nitrogens with one attached hydrogen (secondary N) is 1. The lowest BCUT2D eigenvalue weighted by atomic mass is 10.3. The molecule has 2 aromatic rings. The molecule has 0 bridgehead atoms. The SMILES string of the molecule is CC.COC(=O)c1[nH]nc2nc(C)ncc12. The summed E-state index contributed by atoms with van der Waals surface area (Å²) in [6, 6.07) is 0. The molecule has 0 fully saturated rings. The van der Waals surface area contributed by atoms with Gasteiger partial charge < -0.3 is 4.74 Å². The molecule has 0 saturated carbocycles. The standard InChI is InChI=1S/C8H8N4O2.C2H6/c1-4-9-3-5-6(8(13)14-2)11-12-7(5)10-4;1-2/h3H,1-2H3,(H,9,10,11,12);1-2H3. The van der Waals surface area contributed by atoms with E-state index in [4.69, 9.17) is 0 Å². The Hall–Kier alpha value is -1.98. The summed E-state index contributed by atoms with van der Waals surface area (Å²) in [6.45, 7) is 5.76. The lowest BCUT2D eigenvalue weighted by Crippen LogP contribution is -2.02. The summed E-state index contributed by atoms with van der Waals surface area (Å²) in [5.74, 6) is 0.139. The lowest BCUT2D eigenvalue weighted by Gasteiger charge is -1.94. The van der Waals surface area contributed by atoms with Crippen LogP contribution in [0, 0.1) is 6.92 Å². The maximum Gasteiger partial charge on any atom is 0.356 e. The highest BCUT2D eigenvalue weighted by atomic mass is 16.5. The Bertz CT molecular complexity index is 493. The van der Waals surface area contributed by atoms with Gasteiger partial charge in [0, 0.05) is 6.20 Å². The number of carbonyl (C=O) groups excluding carboxylic acids is 1. The summed E-state index contributed by atoms with van der Waals surface area (Å²) in [4.78, 5) is 19.3. The van der Waals surface area contributed by atoms with Crippen LogP contribution in [0.4, 0.5) is 0 Å². The molecule has 6 heteroatoms. The molecule has 0 aliphatic carbocycles. The van der Waals surface area contributed by atoms with E-state index in [-0.39, 0.29) is 5.69 Å². The van der Waals surface area contributed by atoms with E-state index < -0.39 is 5.97 Å². The molecule has 86 valence electrons. The highest BCUT2D eigenvalue weighted by molar-refractivity contribution is 6.00. The van der Waals surface area contributed by atoms with Gasteiger partial charge in [-0.2, -0.15) is 5.10 Å². The van der Waals surface area contributed by atoms with Crippen LogP contribution < -0.4 is 0 Å². The third kappa shape index (κ3) is 2.16. The van der Waals surface area contributed by atoms with E-state index in [0.717, 1.165) is 0 Å². The minimum absolute atomic E-state index is 0.280. The highest BCUT2D eigenvalue weighted by Gasteiger charge is 2.14. The first kappa shape index (κ1) is 12.1. The highest BCUT2D eigenvalue weighted by Crippen LogP contribution is 2.12. The van der Waals surface area contributed by atoms with E-state index >= 15 is 0 Å². The zero-order chi connectivity index (χ0) is 12.1. The van der Waals surface area contributed by atoms with Crippen molar-refractivity contribution in [2.45, 2.75) is 20.8 Å². The van der Waals surface area contributed by atoms with Gasteiger partial charge in [0.05, 0.1) is 12.5 Å². The molecule has 16 heavy (non-hydrogen) atoms. The van der Waals surface area contributed by atoms with E-state index in [1.54, 1.807) is 13.1 Å². The molecule has 0 aliphatic rings. The van der Waals surface area contributed by atoms with Gasteiger partial charge in [0.2, 0.25) is 0 Å². The fourth-order valence-corrected chi connectivity index (χ4v) is 1.15. The third-order valence-corrected chi connectivity index (χ3v) is 1.82. The third-order valence-electron chi connectivity index (χ3n) is 1.82. The Kier molecular flexibility index (Phi) is 3.93. The first-order chi connectivity index (χ1) is 7.72. The number of carbonyl (C=O) groups is 1. The number of fused-ring (bicyclic) bond motifs is 1. The van der Waals surface area contributed by atoms with Crippen LogP contribution in [-0.2, 0) is 4.74 Å². The van der Waals surface area contributed by atoms with Gasteiger partial charge in [-0.15, -0.1) is 0 Å². The van der Waals surface area contributed by atoms with E-state index in [0.29, 0.717) is 16.9 Å². The average Bonchev–Trinajstić information content (AvgIpc) is 2.73. The Balaban J connectivity index is 0.000000606. The van der Waals surface area contributed by atoms with Crippen molar-refractivity contribution < 1.29 is 9.53 Å². The quantitative estimate of drug-likeness (QED) is 0.739. The summed E-state index contributed by atoms with van der Waals surface area (Å²) in [7, 11) is 1.31. The first-order valence-electron chi connectivity index (χ1n) is 4.98. The van der Waals surface area contributed by atoms with Gasteiger partial charge in [0.15, 0.2) is 11.3 Å². The molecule has 0 amide bonds. The van der Waals surface area contributed by atoms with Crippen molar-refractivity contribution in [3.63, 3.8) is 0 Å². The van der Waals surface area contributed by atoms with E-state index in [1.807, 2.05) is 13.8 Å². The molecule has 0 spiro atoms. The van der Waals surface area contributed by atoms with E-state index in [2.05, 4.69) is 24.9 Å². The lowest BCUT2D eigenvalue weighted by molar-refractivity contribution is 0.0596. The Labute approximate surface area is 93.1 Å². The maximum atomic E-state index is 11.2. The predicted molar refractivity (Wildman–Crippen MR) is 59.1 cm³/mol. The van der Waals surface area contributed by atoms with Gasteiger partial charge in [-0.1, -0.05) is 13.8 Å². The molecule has 2 aromatic heterocycles. The van der Waals surface area contributed by atoms with E-state index in [1.165, 1.54) is 7.11 Å². The maximum absolute atomic E-state index is 11.2. The normalized spacial score (nSPS) is 9.50. The Morgan fingerprint density at radius 2 is 2.12 bits per heavy atom. The molecule has 0 atom stereocenters. The molecule has 2 rings (SSSR count). The molecule has 2 heterocycles. The summed E-state index contributed by atoms with van der Waals surface area (Å²) in [6.07, 6.45) is 1.55.